The molecule has 4 heteroatoms. The summed E-state index contributed by atoms with van der Waals surface area (Å²) in [5.41, 5.74) is 4.64. The van der Waals surface area contributed by atoms with Crippen LogP contribution in [0, 0.1) is 0 Å². The topological polar surface area (TPSA) is 46.4 Å². The Bertz CT molecular complexity index is 764. The number of furan rings is 1. The zero-order valence-electron chi connectivity index (χ0n) is 15.8. The smallest absolute Gasteiger partial charge is 0.144 e. The van der Waals surface area contributed by atoms with Crippen LogP contribution in [-0.4, -0.2) is 12.6 Å². The molecule has 1 aromatic heterocycles. The Kier molecular flexibility index (Phi) is 4.80. The van der Waals surface area contributed by atoms with Crippen LogP contribution in [0.2, 0.25) is 0 Å². The van der Waals surface area contributed by atoms with Gasteiger partial charge < -0.3 is 19.8 Å². The molecule has 1 aliphatic rings. The molecule has 0 amide bonds. The largest absolute Gasteiger partial charge is 0.494 e. The van der Waals surface area contributed by atoms with E-state index in [2.05, 4.69) is 56.5 Å². The third kappa shape index (κ3) is 3.39. The second-order valence-corrected chi connectivity index (χ2v) is 6.90. The molecule has 0 saturated heterocycles. The van der Waals surface area contributed by atoms with E-state index in [1.165, 1.54) is 11.1 Å². The van der Waals surface area contributed by atoms with Gasteiger partial charge in [0.25, 0.3) is 0 Å². The van der Waals surface area contributed by atoms with Gasteiger partial charge in [0.2, 0.25) is 0 Å². The number of methoxy groups -OCH3 is 1. The molecule has 0 radical (unpaired) electrons. The molecule has 0 aliphatic carbocycles. The van der Waals surface area contributed by atoms with E-state index in [-0.39, 0.29) is 11.6 Å². The van der Waals surface area contributed by atoms with Gasteiger partial charge in [-0.3, -0.25) is 0 Å². The molecule has 2 atom stereocenters. The summed E-state index contributed by atoms with van der Waals surface area (Å²) in [6, 6.07) is 8.24. The van der Waals surface area contributed by atoms with Crippen molar-refractivity contribution in [1.82, 2.24) is 0 Å². The van der Waals surface area contributed by atoms with E-state index in [0.29, 0.717) is 0 Å². The van der Waals surface area contributed by atoms with Crippen LogP contribution in [0.3, 0.4) is 0 Å². The van der Waals surface area contributed by atoms with Crippen LogP contribution in [0.15, 0.2) is 41.0 Å². The first-order valence-electron chi connectivity index (χ1n) is 9.02. The van der Waals surface area contributed by atoms with Crippen molar-refractivity contribution >= 4 is 16.9 Å². The molecule has 2 heterocycles. The first-order valence-corrected chi connectivity index (χ1v) is 9.02. The van der Waals surface area contributed by atoms with E-state index in [1.54, 1.807) is 13.4 Å². The fourth-order valence-electron chi connectivity index (χ4n) is 3.37. The van der Waals surface area contributed by atoms with Crippen molar-refractivity contribution in [3.8, 4) is 5.75 Å². The molecule has 1 aliphatic heterocycles. The van der Waals surface area contributed by atoms with E-state index in [1.807, 2.05) is 12.1 Å². The summed E-state index contributed by atoms with van der Waals surface area (Å²) in [5.74, 6) is 1.78. The van der Waals surface area contributed by atoms with Crippen LogP contribution in [0.1, 0.15) is 57.9 Å². The number of benzene rings is 1. The number of hydrogen-bond acceptors (Lipinski definition) is 4. The lowest BCUT2D eigenvalue weighted by Crippen LogP contribution is -2.35. The fraction of sp³-hybridized carbons (Fsp3) is 0.429. The summed E-state index contributed by atoms with van der Waals surface area (Å²) in [7, 11) is 1.73. The lowest BCUT2D eigenvalue weighted by Gasteiger charge is -2.35. The van der Waals surface area contributed by atoms with Crippen molar-refractivity contribution in [2.24, 2.45) is 0 Å². The number of nitrogens with one attached hydrogen (secondary N) is 2. The van der Waals surface area contributed by atoms with Crippen LogP contribution in [0.25, 0.3) is 5.57 Å². The van der Waals surface area contributed by atoms with Gasteiger partial charge in [-0.15, -0.1) is 0 Å². The minimum Gasteiger partial charge on any atom is -0.494 e. The number of ether oxygens (including phenoxy) is 1. The van der Waals surface area contributed by atoms with Crippen molar-refractivity contribution in [1.29, 1.82) is 0 Å². The normalized spacial score (nSPS) is 20.3. The highest BCUT2D eigenvalue weighted by Gasteiger charge is 2.29. The standard InChI is InChI=1S/C21H28N2O2/c1-6-15-13-21(4,7-2)23-20-17(15)11-16(12-19(20)24-5)22-14(3)18-9-8-10-25-18/h8-14,22-23H,6-7H2,1-5H3. The molecular formula is C21H28N2O2. The van der Waals surface area contributed by atoms with Crippen LogP contribution >= 0.6 is 0 Å². The first kappa shape index (κ1) is 17.5. The highest BCUT2D eigenvalue weighted by atomic mass is 16.5. The van der Waals surface area contributed by atoms with Gasteiger partial charge in [-0.2, -0.15) is 0 Å². The Hall–Kier alpha value is -2.36. The second-order valence-electron chi connectivity index (χ2n) is 6.90. The molecule has 134 valence electrons. The van der Waals surface area contributed by atoms with Crippen LogP contribution < -0.4 is 15.4 Å². The van der Waals surface area contributed by atoms with Crippen molar-refractivity contribution in [3.63, 3.8) is 0 Å². The van der Waals surface area contributed by atoms with E-state index in [4.69, 9.17) is 9.15 Å². The Morgan fingerprint density at radius 1 is 1.32 bits per heavy atom. The molecule has 2 unspecified atom stereocenters. The molecule has 1 aromatic carbocycles. The molecule has 0 spiro atoms. The van der Waals surface area contributed by atoms with E-state index < -0.39 is 0 Å². The zero-order chi connectivity index (χ0) is 18.0. The highest BCUT2D eigenvalue weighted by Crippen LogP contribution is 2.44. The van der Waals surface area contributed by atoms with Gasteiger partial charge in [0.1, 0.15) is 11.5 Å². The SMILES string of the molecule is CCC1=CC(C)(CC)Nc2c(OC)cc(NC(C)c3ccco3)cc21. The number of rotatable bonds is 6. The van der Waals surface area contributed by atoms with Crippen molar-refractivity contribution in [2.75, 3.05) is 17.7 Å². The van der Waals surface area contributed by atoms with Gasteiger partial charge >= 0.3 is 0 Å². The quantitative estimate of drug-likeness (QED) is 0.692. The molecule has 2 N–H and O–H groups in total. The van der Waals surface area contributed by atoms with Crippen LogP contribution in [-0.2, 0) is 0 Å². The average molecular weight is 340 g/mol. The minimum atomic E-state index is -0.0397. The van der Waals surface area contributed by atoms with Gasteiger partial charge in [-0.25, -0.2) is 0 Å². The lowest BCUT2D eigenvalue weighted by atomic mass is 9.86. The van der Waals surface area contributed by atoms with Crippen molar-refractivity contribution < 1.29 is 9.15 Å². The molecule has 0 fully saturated rings. The maximum atomic E-state index is 5.70. The highest BCUT2D eigenvalue weighted by molar-refractivity contribution is 5.87. The average Bonchev–Trinajstić information content (AvgIpc) is 3.15. The van der Waals surface area contributed by atoms with Gasteiger partial charge in [0.15, 0.2) is 0 Å². The Balaban J connectivity index is 2.00. The Labute approximate surface area is 150 Å². The third-order valence-corrected chi connectivity index (χ3v) is 5.04. The van der Waals surface area contributed by atoms with Crippen molar-refractivity contribution in [3.05, 3.63) is 47.9 Å². The summed E-state index contributed by atoms with van der Waals surface area (Å²) in [6.45, 7) is 8.73. The Morgan fingerprint density at radius 2 is 2.12 bits per heavy atom. The lowest BCUT2D eigenvalue weighted by molar-refractivity contribution is 0.414. The van der Waals surface area contributed by atoms with Gasteiger partial charge in [-0.1, -0.05) is 19.9 Å². The number of hydrogen-bond donors (Lipinski definition) is 2. The number of fused-ring (bicyclic) bond motifs is 1. The first-order chi connectivity index (χ1) is 12.0. The van der Waals surface area contributed by atoms with E-state index in [9.17, 15) is 0 Å². The predicted octanol–water partition coefficient (Wildman–Crippen LogP) is 5.85. The van der Waals surface area contributed by atoms with E-state index >= 15 is 0 Å². The maximum Gasteiger partial charge on any atom is 0.144 e. The molecule has 0 bridgehead atoms. The molecular weight excluding hydrogens is 312 g/mol. The molecule has 0 saturated carbocycles. The zero-order valence-corrected chi connectivity index (χ0v) is 15.8. The number of allylic oxidation sites excluding steroid dienone is 1. The van der Waals surface area contributed by atoms with E-state index in [0.717, 1.165) is 35.7 Å². The van der Waals surface area contributed by atoms with Crippen molar-refractivity contribution in [2.45, 2.75) is 52.1 Å². The number of anilines is 2. The van der Waals surface area contributed by atoms with Gasteiger partial charge in [-0.05, 0) is 50.5 Å². The van der Waals surface area contributed by atoms with Crippen LogP contribution in [0.4, 0.5) is 11.4 Å². The maximum absolute atomic E-state index is 5.70. The molecule has 25 heavy (non-hydrogen) atoms. The summed E-state index contributed by atoms with van der Waals surface area (Å²) in [4.78, 5) is 0. The summed E-state index contributed by atoms with van der Waals surface area (Å²) in [6.07, 6.45) is 6.07. The Morgan fingerprint density at radius 3 is 2.72 bits per heavy atom. The second kappa shape index (κ2) is 6.87. The van der Waals surface area contributed by atoms with Crippen LogP contribution in [0.5, 0.6) is 5.75 Å². The molecule has 4 nitrogen and oxygen atoms in total. The minimum absolute atomic E-state index is 0.0397. The molecule has 2 aromatic rings. The fourth-order valence-corrected chi connectivity index (χ4v) is 3.37. The summed E-state index contributed by atoms with van der Waals surface area (Å²) in [5, 5.41) is 7.19. The third-order valence-electron chi connectivity index (χ3n) is 5.04. The summed E-state index contributed by atoms with van der Waals surface area (Å²) < 4.78 is 11.2. The molecule has 3 rings (SSSR count). The summed E-state index contributed by atoms with van der Waals surface area (Å²) >= 11 is 0. The predicted molar refractivity (Wildman–Crippen MR) is 104 cm³/mol. The monoisotopic (exact) mass is 340 g/mol. The van der Waals surface area contributed by atoms with Gasteiger partial charge in [0.05, 0.1) is 30.6 Å². The van der Waals surface area contributed by atoms with Gasteiger partial charge in [0, 0.05) is 17.3 Å².